The number of urea groups is 1. The number of amides is 2. The Bertz CT molecular complexity index is 440. The molecule has 22 heavy (non-hydrogen) atoms. The normalized spacial score (nSPS) is 11.8. The van der Waals surface area contributed by atoms with Gasteiger partial charge >= 0.3 is 6.03 Å². The smallest absolute Gasteiger partial charge is 0.319 e. The molecule has 5 nitrogen and oxygen atoms in total. The first-order chi connectivity index (χ1) is 9.99. The van der Waals surface area contributed by atoms with Crippen LogP contribution in [0.15, 0.2) is 24.3 Å². The van der Waals surface area contributed by atoms with E-state index in [1.54, 1.807) is 29.2 Å². The molecule has 0 aliphatic heterocycles. The monoisotopic (exact) mass is 373 g/mol. The van der Waals surface area contributed by atoms with Gasteiger partial charge in [-0.25, -0.2) is 4.79 Å². The first kappa shape index (κ1) is 20.7. The van der Waals surface area contributed by atoms with Crippen LogP contribution in [0.1, 0.15) is 33.6 Å². The number of hydrogen-bond acceptors (Lipinski definition) is 3. The Morgan fingerprint density at radius 2 is 1.77 bits per heavy atom. The topological polar surface area (TPSA) is 69.8 Å². The van der Waals surface area contributed by atoms with Crippen molar-refractivity contribution in [1.29, 1.82) is 0 Å². The van der Waals surface area contributed by atoms with Crippen LogP contribution in [-0.4, -0.2) is 41.7 Å². The molecule has 0 fully saturated rings. The fourth-order valence-electron chi connectivity index (χ4n) is 2.33. The van der Waals surface area contributed by atoms with E-state index in [1.165, 1.54) is 0 Å². The number of anilines is 1. The van der Waals surface area contributed by atoms with Crippen LogP contribution in [0.5, 0.6) is 5.75 Å². The summed E-state index contributed by atoms with van der Waals surface area (Å²) in [6, 6.07) is 6.54. The van der Waals surface area contributed by atoms with E-state index in [4.69, 9.17) is 5.73 Å². The number of nitrogens with zero attached hydrogens (tertiary/aromatic N) is 2. The lowest BCUT2D eigenvalue weighted by atomic mass is 10.2. The first-order valence-electron chi connectivity index (χ1n) is 7.59. The molecule has 0 aliphatic rings. The van der Waals surface area contributed by atoms with Crippen molar-refractivity contribution in [3.05, 3.63) is 24.3 Å². The molecule has 0 aromatic heterocycles. The molecule has 1 rings (SSSR count). The van der Waals surface area contributed by atoms with Crippen LogP contribution < -0.4 is 10.6 Å². The molecule has 2 amide bonds. The minimum absolute atomic E-state index is 0. The van der Waals surface area contributed by atoms with Gasteiger partial charge in [-0.2, -0.15) is 0 Å². The summed E-state index contributed by atoms with van der Waals surface area (Å²) in [5, 5.41) is 9.33. The number of benzene rings is 1. The van der Waals surface area contributed by atoms with Crippen molar-refractivity contribution in [2.45, 2.75) is 39.7 Å². The molecule has 1 aromatic rings. The van der Waals surface area contributed by atoms with Crippen LogP contribution >= 0.6 is 17.0 Å². The van der Waals surface area contributed by atoms with E-state index in [2.05, 4.69) is 25.7 Å². The highest BCUT2D eigenvalue weighted by Crippen LogP contribution is 2.18. The van der Waals surface area contributed by atoms with Crippen molar-refractivity contribution in [2.24, 2.45) is 5.73 Å². The number of rotatable bonds is 8. The Kier molecular flexibility index (Phi) is 9.85. The average Bonchev–Trinajstić information content (AvgIpc) is 2.47. The standard InChI is InChI=1S/C16H27N3O2.BrH/c1-4-10-18(13(3)5-2)11-12-19(16(17)21)14-6-8-15(20)9-7-14;/h6-9,13,20H,4-5,10-12H2,1-3H3,(H2,17,21);1H. The van der Waals surface area contributed by atoms with Gasteiger partial charge in [0.05, 0.1) is 0 Å². The summed E-state index contributed by atoms with van der Waals surface area (Å²) in [5.41, 5.74) is 6.19. The summed E-state index contributed by atoms with van der Waals surface area (Å²) in [4.78, 5) is 15.6. The third kappa shape index (κ3) is 6.23. The zero-order chi connectivity index (χ0) is 15.8. The SMILES string of the molecule is Br.CCCN(CCN(C(N)=O)c1ccc(O)cc1)C(C)CC. The molecule has 3 N–H and O–H groups in total. The van der Waals surface area contributed by atoms with Crippen LogP contribution in [0.25, 0.3) is 0 Å². The number of nitrogens with two attached hydrogens (primary N) is 1. The number of carbonyl (C=O) groups is 1. The van der Waals surface area contributed by atoms with Gasteiger partial charge in [-0.05, 0) is 50.6 Å². The second kappa shape index (κ2) is 10.5. The average molecular weight is 374 g/mol. The molecule has 0 bridgehead atoms. The number of hydrogen-bond donors (Lipinski definition) is 2. The number of primary amides is 1. The molecule has 0 radical (unpaired) electrons. The van der Waals surface area contributed by atoms with Crippen molar-refractivity contribution in [1.82, 2.24) is 4.90 Å². The van der Waals surface area contributed by atoms with Gasteiger partial charge < -0.3 is 10.8 Å². The van der Waals surface area contributed by atoms with Crippen molar-refractivity contribution in [3.63, 3.8) is 0 Å². The van der Waals surface area contributed by atoms with Crippen molar-refractivity contribution < 1.29 is 9.90 Å². The first-order valence-corrected chi connectivity index (χ1v) is 7.59. The summed E-state index contributed by atoms with van der Waals surface area (Å²) in [7, 11) is 0. The molecule has 1 unspecified atom stereocenters. The fourth-order valence-corrected chi connectivity index (χ4v) is 2.33. The molecule has 1 aromatic carbocycles. The van der Waals surface area contributed by atoms with E-state index in [0.717, 1.165) is 25.9 Å². The van der Waals surface area contributed by atoms with Crippen molar-refractivity contribution >= 4 is 28.7 Å². The summed E-state index contributed by atoms with van der Waals surface area (Å²) in [5.74, 6) is 0.176. The predicted molar refractivity (Wildman–Crippen MR) is 97.0 cm³/mol. The predicted octanol–water partition coefficient (Wildman–Crippen LogP) is 3.37. The molecule has 0 aliphatic carbocycles. The summed E-state index contributed by atoms with van der Waals surface area (Å²) < 4.78 is 0. The van der Waals surface area contributed by atoms with Crippen LogP contribution in [0, 0.1) is 0 Å². The molecule has 0 spiro atoms. The van der Waals surface area contributed by atoms with Gasteiger partial charge in [0.1, 0.15) is 5.75 Å². The van der Waals surface area contributed by atoms with Crippen LogP contribution in [-0.2, 0) is 0 Å². The number of aromatic hydroxyl groups is 1. The minimum atomic E-state index is -0.471. The van der Waals surface area contributed by atoms with Gasteiger partial charge in [-0.3, -0.25) is 9.80 Å². The molecule has 0 heterocycles. The van der Waals surface area contributed by atoms with Gasteiger partial charge in [0.2, 0.25) is 0 Å². The van der Waals surface area contributed by atoms with Crippen molar-refractivity contribution in [2.75, 3.05) is 24.5 Å². The third-order valence-corrected chi connectivity index (χ3v) is 3.76. The number of phenols is 1. The maximum Gasteiger partial charge on any atom is 0.319 e. The Labute approximate surface area is 143 Å². The van der Waals surface area contributed by atoms with Gasteiger partial charge in [0.25, 0.3) is 0 Å². The van der Waals surface area contributed by atoms with Crippen LogP contribution in [0.4, 0.5) is 10.5 Å². The highest BCUT2D eigenvalue weighted by molar-refractivity contribution is 8.93. The van der Waals surface area contributed by atoms with Gasteiger partial charge in [0.15, 0.2) is 0 Å². The summed E-state index contributed by atoms with van der Waals surface area (Å²) in [6.07, 6.45) is 2.16. The maximum absolute atomic E-state index is 11.7. The lowest BCUT2D eigenvalue weighted by Crippen LogP contribution is -2.44. The largest absolute Gasteiger partial charge is 0.508 e. The number of phenolic OH excluding ortho intramolecular Hbond substituents is 1. The quantitative estimate of drug-likeness (QED) is 0.733. The Hall–Kier alpha value is -1.27. The molecule has 126 valence electrons. The number of carbonyl (C=O) groups excluding carboxylic acids is 1. The van der Waals surface area contributed by atoms with Crippen LogP contribution in [0.2, 0.25) is 0 Å². The Morgan fingerprint density at radius 1 is 1.18 bits per heavy atom. The maximum atomic E-state index is 11.7. The van der Waals surface area contributed by atoms with Gasteiger partial charge in [0, 0.05) is 24.8 Å². The highest BCUT2D eigenvalue weighted by Gasteiger charge is 2.16. The zero-order valence-corrected chi connectivity index (χ0v) is 15.4. The third-order valence-electron chi connectivity index (χ3n) is 3.76. The summed E-state index contributed by atoms with van der Waals surface area (Å²) >= 11 is 0. The molecular weight excluding hydrogens is 346 g/mol. The Balaban J connectivity index is 0.00000441. The van der Waals surface area contributed by atoms with E-state index < -0.39 is 6.03 Å². The molecule has 1 atom stereocenters. The number of halogens is 1. The van der Waals surface area contributed by atoms with Gasteiger partial charge in [-0.1, -0.05) is 13.8 Å². The molecular formula is C16H28BrN3O2. The lowest BCUT2D eigenvalue weighted by molar-refractivity contribution is 0.207. The minimum Gasteiger partial charge on any atom is -0.508 e. The highest BCUT2D eigenvalue weighted by atomic mass is 79.9. The van der Waals surface area contributed by atoms with E-state index >= 15 is 0 Å². The molecule has 0 saturated heterocycles. The van der Waals surface area contributed by atoms with E-state index in [1.807, 2.05) is 0 Å². The van der Waals surface area contributed by atoms with Crippen molar-refractivity contribution in [3.8, 4) is 5.75 Å². The molecule has 6 heteroatoms. The second-order valence-electron chi connectivity index (χ2n) is 5.30. The zero-order valence-electron chi connectivity index (χ0n) is 13.7. The summed E-state index contributed by atoms with van der Waals surface area (Å²) in [6.45, 7) is 8.86. The second-order valence-corrected chi connectivity index (χ2v) is 5.30. The fraction of sp³-hybridized carbons (Fsp3) is 0.562. The lowest BCUT2D eigenvalue weighted by Gasteiger charge is -2.30. The Morgan fingerprint density at radius 3 is 2.23 bits per heavy atom. The van der Waals surface area contributed by atoms with E-state index in [-0.39, 0.29) is 22.7 Å². The van der Waals surface area contributed by atoms with Crippen LogP contribution in [0.3, 0.4) is 0 Å². The van der Waals surface area contributed by atoms with E-state index in [0.29, 0.717) is 18.3 Å². The van der Waals surface area contributed by atoms with E-state index in [9.17, 15) is 9.90 Å². The molecule has 0 saturated carbocycles. The van der Waals surface area contributed by atoms with Gasteiger partial charge in [-0.15, -0.1) is 17.0 Å².